The zero-order valence-corrected chi connectivity index (χ0v) is 9.16. The van der Waals surface area contributed by atoms with Crippen molar-refractivity contribution < 1.29 is 9.53 Å². The molecule has 0 bridgehead atoms. The summed E-state index contributed by atoms with van der Waals surface area (Å²) in [5.74, 6) is 0.0515. The lowest BCUT2D eigenvalue weighted by atomic mass is 10.1. The SMILES string of the molecule is C1COCCN1.O=C1NCc2ccccc21. The van der Waals surface area contributed by atoms with Crippen LogP contribution in [0.3, 0.4) is 0 Å². The smallest absolute Gasteiger partial charge is 0.251 e. The van der Waals surface area contributed by atoms with Crippen LogP contribution in [0.4, 0.5) is 0 Å². The van der Waals surface area contributed by atoms with Crippen LogP contribution < -0.4 is 10.6 Å². The van der Waals surface area contributed by atoms with Gasteiger partial charge in [-0.3, -0.25) is 4.79 Å². The Morgan fingerprint density at radius 3 is 2.44 bits per heavy atom. The second kappa shape index (κ2) is 5.63. The van der Waals surface area contributed by atoms with Crippen molar-refractivity contribution in [3.63, 3.8) is 0 Å². The molecule has 3 rings (SSSR count). The predicted octanol–water partition coefficient (Wildman–Crippen LogP) is 0.536. The summed E-state index contributed by atoms with van der Waals surface area (Å²) in [5.41, 5.74) is 1.93. The number of amides is 1. The summed E-state index contributed by atoms with van der Waals surface area (Å²) < 4.78 is 5.01. The number of carbonyl (C=O) groups is 1. The Balaban J connectivity index is 0.000000138. The van der Waals surface area contributed by atoms with Gasteiger partial charge >= 0.3 is 0 Å². The van der Waals surface area contributed by atoms with Gasteiger partial charge in [0.15, 0.2) is 0 Å². The summed E-state index contributed by atoms with van der Waals surface area (Å²) in [7, 11) is 0. The lowest BCUT2D eigenvalue weighted by Crippen LogP contribution is -2.30. The maximum absolute atomic E-state index is 11.0. The van der Waals surface area contributed by atoms with Crippen molar-refractivity contribution >= 4 is 5.91 Å². The largest absolute Gasteiger partial charge is 0.379 e. The monoisotopic (exact) mass is 220 g/mol. The van der Waals surface area contributed by atoms with E-state index in [0.29, 0.717) is 6.54 Å². The van der Waals surface area contributed by atoms with Gasteiger partial charge in [-0.15, -0.1) is 0 Å². The molecule has 1 aromatic carbocycles. The van der Waals surface area contributed by atoms with E-state index in [1.54, 1.807) is 0 Å². The molecule has 0 saturated carbocycles. The number of benzene rings is 1. The highest BCUT2D eigenvalue weighted by molar-refractivity contribution is 5.98. The fourth-order valence-electron chi connectivity index (χ4n) is 1.68. The molecule has 2 aliphatic heterocycles. The first-order valence-corrected chi connectivity index (χ1v) is 5.52. The van der Waals surface area contributed by atoms with Crippen LogP contribution in [0, 0.1) is 0 Å². The number of carbonyl (C=O) groups excluding carboxylic acids is 1. The highest BCUT2D eigenvalue weighted by Crippen LogP contribution is 2.13. The van der Waals surface area contributed by atoms with E-state index in [0.717, 1.165) is 37.4 Å². The molecule has 0 radical (unpaired) electrons. The van der Waals surface area contributed by atoms with Gasteiger partial charge in [0.25, 0.3) is 5.91 Å². The third-order valence-corrected chi connectivity index (χ3v) is 2.55. The van der Waals surface area contributed by atoms with E-state index in [2.05, 4.69) is 10.6 Å². The molecule has 16 heavy (non-hydrogen) atoms. The van der Waals surface area contributed by atoms with Crippen molar-refractivity contribution in [2.45, 2.75) is 6.54 Å². The normalized spacial score (nSPS) is 18.1. The minimum atomic E-state index is 0.0515. The van der Waals surface area contributed by atoms with Gasteiger partial charge < -0.3 is 15.4 Å². The van der Waals surface area contributed by atoms with E-state index in [9.17, 15) is 4.79 Å². The van der Waals surface area contributed by atoms with Crippen molar-refractivity contribution in [3.8, 4) is 0 Å². The molecule has 86 valence electrons. The van der Waals surface area contributed by atoms with Crippen molar-refractivity contribution in [1.29, 1.82) is 0 Å². The first-order valence-electron chi connectivity index (χ1n) is 5.52. The zero-order valence-electron chi connectivity index (χ0n) is 9.16. The number of morpholine rings is 1. The first-order chi connectivity index (χ1) is 7.88. The molecule has 0 unspecified atom stereocenters. The molecule has 0 aliphatic carbocycles. The quantitative estimate of drug-likeness (QED) is 0.671. The second-order valence-corrected chi connectivity index (χ2v) is 3.70. The third-order valence-electron chi connectivity index (χ3n) is 2.55. The topological polar surface area (TPSA) is 50.4 Å². The van der Waals surface area contributed by atoms with Crippen molar-refractivity contribution in [2.75, 3.05) is 26.3 Å². The standard InChI is InChI=1S/C8H7NO.C4H9NO/c10-8-7-4-2-1-3-6(7)5-9-8;1-3-6-4-2-5-1/h1-4H,5H2,(H,9,10);5H,1-4H2. The number of ether oxygens (including phenoxy) is 1. The van der Waals surface area contributed by atoms with Crippen LogP contribution in [0.15, 0.2) is 24.3 Å². The van der Waals surface area contributed by atoms with Crippen molar-refractivity contribution in [3.05, 3.63) is 35.4 Å². The van der Waals surface area contributed by atoms with Crippen LogP contribution >= 0.6 is 0 Å². The van der Waals surface area contributed by atoms with Gasteiger partial charge in [0.2, 0.25) is 0 Å². The summed E-state index contributed by atoms with van der Waals surface area (Å²) in [4.78, 5) is 11.0. The Bertz CT molecular complexity index is 350. The van der Waals surface area contributed by atoms with E-state index in [-0.39, 0.29) is 5.91 Å². The number of rotatable bonds is 0. The Morgan fingerprint density at radius 1 is 1.12 bits per heavy atom. The fraction of sp³-hybridized carbons (Fsp3) is 0.417. The summed E-state index contributed by atoms with van der Waals surface area (Å²) in [6.45, 7) is 4.52. The van der Waals surface area contributed by atoms with Crippen LogP contribution in [-0.4, -0.2) is 32.2 Å². The number of hydrogen-bond acceptors (Lipinski definition) is 3. The Morgan fingerprint density at radius 2 is 1.88 bits per heavy atom. The van der Waals surface area contributed by atoms with Crippen molar-refractivity contribution in [2.24, 2.45) is 0 Å². The highest BCUT2D eigenvalue weighted by Gasteiger charge is 2.16. The molecule has 1 fully saturated rings. The molecule has 2 aliphatic rings. The van der Waals surface area contributed by atoms with Gasteiger partial charge in [-0.25, -0.2) is 0 Å². The maximum atomic E-state index is 11.0. The molecule has 2 N–H and O–H groups in total. The van der Waals surface area contributed by atoms with E-state index in [4.69, 9.17) is 4.74 Å². The van der Waals surface area contributed by atoms with Gasteiger partial charge in [-0.05, 0) is 11.6 Å². The van der Waals surface area contributed by atoms with Crippen LogP contribution in [0.1, 0.15) is 15.9 Å². The van der Waals surface area contributed by atoms with Crippen LogP contribution in [0.25, 0.3) is 0 Å². The third kappa shape index (κ3) is 2.81. The van der Waals surface area contributed by atoms with E-state index in [1.165, 1.54) is 0 Å². The van der Waals surface area contributed by atoms with Crippen LogP contribution in [0.5, 0.6) is 0 Å². The number of fused-ring (bicyclic) bond motifs is 1. The van der Waals surface area contributed by atoms with Gasteiger partial charge in [-0.1, -0.05) is 18.2 Å². The van der Waals surface area contributed by atoms with E-state index >= 15 is 0 Å². The number of hydrogen-bond donors (Lipinski definition) is 2. The van der Waals surface area contributed by atoms with Gasteiger partial charge in [0.05, 0.1) is 13.2 Å². The molecule has 1 amide bonds. The minimum Gasteiger partial charge on any atom is -0.379 e. The zero-order chi connectivity index (χ0) is 11.2. The van der Waals surface area contributed by atoms with Crippen LogP contribution in [0.2, 0.25) is 0 Å². The average molecular weight is 220 g/mol. The molecular weight excluding hydrogens is 204 g/mol. The molecule has 4 nitrogen and oxygen atoms in total. The summed E-state index contributed by atoms with van der Waals surface area (Å²) in [6.07, 6.45) is 0. The van der Waals surface area contributed by atoms with Gasteiger partial charge in [-0.2, -0.15) is 0 Å². The Kier molecular flexibility index (Phi) is 3.91. The maximum Gasteiger partial charge on any atom is 0.251 e. The van der Waals surface area contributed by atoms with Gasteiger partial charge in [0, 0.05) is 25.2 Å². The molecule has 4 heteroatoms. The Labute approximate surface area is 95.0 Å². The van der Waals surface area contributed by atoms with E-state index < -0.39 is 0 Å². The molecule has 1 aromatic rings. The molecule has 0 atom stereocenters. The summed E-state index contributed by atoms with van der Waals surface area (Å²) in [5, 5.41) is 5.91. The Hall–Kier alpha value is -1.39. The molecule has 2 heterocycles. The molecule has 0 aromatic heterocycles. The minimum absolute atomic E-state index is 0.0515. The highest BCUT2D eigenvalue weighted by atomic mass is 16.5. The van der Waals surface area contributed by atoms with E-state index in [1.807, 2.05) is 24.3 Å². The lowest BCUT2D eigenvalue weighted by Gasteiger charge is -2.10. The van der Waals surface area contributed by atoms with Crippen molar-refractivity contribution in [1.82, 2.24) is 10.6 Å². The summed E-state index contributed by atoms with van der Waals surface area (Å²) >= 11 is 0. The molecular formula is C12H16N2O2. The summed E-state index contributed by atoms with van der Waals surface area (Å²) in [6, 6.07) is 7.63. The molecule has 0 spiro atoms. The fourth-order valence-corrected chi connectivity index (χ4v) is 1.68. The lowest BCUT2D eigenvalue weighted by molar-refractivity contribution is 0.0965. The predicted molar refractivity (Wildman–Crippen MR) is 61.3 cm³/mol. The first kappa shape index (κ1) is 11.1. The second-order valence-electron chi connectivity index (χ2n) is 3.70. The number of nitrogens with one attached hydrogen (secondary N) is 2. The van der Waals surface area contributed by atoms with Gasteiger partial charge in [0.1, 0.15) is 0 Å². The average Bonchev–Trinajstić information content (AvgIpc) is 2.75. The van der Waals surface area contributed by atoms with Crippen LogP contribution in [-0.2, 0) is 11.3 Å². The molecule has 1 saturated heterocycles.